The molecule has 2 heterocycles. The van der Waals surface area contributed by atoms with Crippen LogP contribution in [0, 0.1) is 18.3 Å². The lowest BCUT2D eigenvalue weighted by Gasteiger charge is -2.25. The van der Waals surface area contributed by atoms with E-state index in [9.17, 15) is 14.9 Å². The molecule has 0 saturated carbocycles. The molecule has 4 aromatic carbocycles. The number of fused-ring (bicyclic) bond motifs is 1. The second-order valence-electron chi connectivity index (χ2n) is 10.8. The highest BCUT2D eigenvalue weighted by atomic mass is 32.1. The molecule has 0 aliphatic carbocycles. The summed E-state index contributed by atoms with van der Waals surface area (Å²) >= 11 is 1.27. The van der Waals surface area contributed by atoms with Crippen molar-refractivity contribution in [3.8, 4) is 17.6 Å². The summed E-state index contributed by atoms with van der Waals surface area (Å²) in [5.41, 5.74) is 5.30. The monoisotopic (exact) mass is 626 g/mol. The lowest BCUT2D eigenvalue weighted by molar-refractivity contribution is -0.113. The molecule has 1 aromatic heterocycles. The Morgan fingerprint density at radius 3 is 2.48 bits per heavy atom. The van der Waals surface area contributed by atoms with E-state index in [0.29, 0.717) is 43.4 Å². The van der Waals surface area contributed by atoms with Crippen LogP contribution in [0.5, 0.6) is 11.5 Å². The van der Waals surface area contributed by atoms with Gasteiger partial charge in [-0.25, -0.2) is 4.99 Å². The number of anilines is 1. The fourth-order valence-corrected chi connectivity index (χ4v) is 6.40. The number of rotatable bonds is 8. The topological polar surface area (TPSA) is 106 Å². The van der Waals surface area contributed by atoms with Crippen LogP contribution in [-0.2, 0) is 11.4 Å². The molecule has 8 nitrogen and oxygen atoms in total. The molecule has 0 fully saturated rings. The van der Waals surface area contributed by atoms with Gasteiger partial charge >= 0.3 is 0 Å². The summed E-state index contributed by atoms with van der Waals surface area (Å²) in [4.78, 5) is 33.1. The number of nitrogens with zero attached hydrogens (tertiary/aromatic N) is 3. The Morgan fingerprint density at radius 2 is 1.74 bits per heavy atom. The summed E-state index contributed by atoms with van der Waals surface area (Å²) in [7, 11) is 1.55. The molecule has 46 heavy (non-hydrogen) atoms. The van der Waals surface area contributed by atoms with Gasteiger partial charge in [0.15, 0.2) is 16.3 Å². The van der Waals surface area contributed by atoms with Crippen molar-refractivity contribution in [1.82, 2.24) is 4.57 Å². The number of nitriles is 1. The second kappa shape index (κ2) is 13.1. The predicted octanol–water partition coefficient (Wildman–Crippen LogP) is 5.64. The summed E-state index contributed by atoms with van der Waals surface area (Å²) in [6.07, 6.45) is 1.79. The van der Waals surface area contributed by atoms with E-state index in [4.69, 9.17) is 14.5 Å². The van der Waals surface area contributed by atoms with E-state index in [2.05, 4.69) is 11.4 Å². The maximum absolute atomic E-state index is 14.1. The van der Waals surface area contributed by atoms with Gasteiger partial charge in [-0.1, -0.05) is 83.6 Å². The van der Waals surface area contributed by atoms with Gasteiger partial charge in [0.05, 0.1) is 40.6 Å². The highest BCUT2D eigenvalue weighted by molar-refractivity contribution is 7.07. The van der Waals surface area contributed by atoms with Gasteiger partial charge in [-0.3, -0.25) is 14.2 Å². The quantitative estimate of drug-likeness (QED) is 0.240. The molecular formula is C37H30N4O4S. The number of hydrogen-bond donors (Lipinski definition) is 1. The molecule has 0 saturated heterocycles. The number of amides is 1. The van der Waals surface area contributed by atoms with Crippen molar-refractivity contribution in [3.63, 3.8) is 0 Å². The number of hydrogen-bond acceptors (Lipinski definition) is 7. The van der Waals surface area contributed by atoms with Crippen LogP contribution >= 0.6 is 11.3 Å². The Labute approximate surface area is 269 Å². The van der Waals surface area contributed by atoms with Crippen LogP contribution in [0.1, 0.15) is 40.8 Å². The van der Waals surface area contributed by atoms with E-state index in [-0.39, 0.29) is 18.1 Å². The minimum atomic E-state index is -0.663. The normalized spacial score (nSPS) is 14.2. The number of ether oxygens (including phenoxy) is 2. The first kappa shape index (κ1) is 30.3. The molecule has 1 amide bonds. The fraction of sp³-hybridized carbons (Fsp3) is 0.135. The van der Waals surface area contributed by atoms with Crippen molar-refractivity contribution in [2.45, 2.75) is 26.5 Å². The molecule has 0 bridgehead atoms. The third-order valence-corrected chi connectivity index (χ3v) is 8.68. The molecule has 228 valence electrons. The molecule has 1 atom stereocenters. The summed E-state index contributed by atoms with van der Waals surface area (Å²) < 4.78 is 13.7. The highest BCUT2D eigenvalue weighted by Crippen LogP contribution is 2.32. The van der Waals surface area contributed by atoms with Gasteiger partial charge in [-0.2, -0.15) is 5.26 Å². The zero-order valence-electron chi connectivity index (χ0n) is 25.5. The number of carbonyl (C=O) groups is 1. The third-order valence-electron chi connectivity index (χ3n) is 7.70. The summed E-state index contributed by atoms with van der Waals surface area (Å²) in [5, 5.41) is 12.4. The summed E-state index contributed by atoms with van der Waals surface area (Å²) in [6.45, 7) is 4.00. The van der Waals surface area contributed by atoms with E-state index < -0.39 is 6.04 Å². The SMILES string of the molecule is COc1cc(/C=c2/sc3n(c2=O)[C@@H](c2ccc(C)cc2)C(C(=O)Nc2ccccc2)=C(C)N=3)ccc1OCc1ccccc1C#N. The lowest BCUT2D eigenvalue weighted by atomic mass is 9.94. The molecule has 0 spiro atoms. The predicted molar refractivity (Wildman–Crippen MR) is 178 cm³/mol. The number of nitrogens with one attached hydrogen (secondary N) is 1. The third kappa shape index (κ3) is 6.11. The summed E-state index contributed by atoms with van der Waals surface area (Å²) in [6, 6.07) is 31.3. The second-order valence-corrected chi connectivity index (χ2v) is 11.8. The largest absolute Gasteiger partial charge is 0.493 e. The van der Waals surface area contributed by atoms with Gasteiger partial charge in [-0.05, 0) is 61.4 Å². The first-order valence-corrected chi connectivity index (χ1v) is 15.4. The van der Waals surface area contributed by atoms with Crippen LogP contribution in [0.15, 0.2) is 118 Å². The van der Waals surface area contributed by atoms with Crippen LogP contribution in [0.25, 0.3) is 6.08 Å². The van der Waals surface area contributed by atoms with Crippen molar-refractivity contribution in [2.24, 2.45) is 4.99 Å². The molecule has 1 N–H and O–H groups in total. The highest BCUT2D eigenvalue weighted by Gasteiger charge is 2.32. The van der Waals surface area contributed by atoms with Crippen LogP contribution in [0.3, 0.4) is 0 Å². The van der Waals surface area contributed by atoms with Crippen LogP contribution < -0.4 is 29.7 Å². The molecule has 9 heteroatoms. The van der Waals surface area contributed by atoms with Crippen molar-refractivity contribution in [2.75, 3.05) is 12.4 Å². The van der Waals surface area contributed by atoms with Crippen LogP contribution in [0.2, 0.25) is 0 Å². The number of thiazole rings is 1. The fourth-order valence-electron chi connectivity index (χ4n) is 5.35. The van der Waals surface area contributed by atoms with E-state index in [1.165, 1.54) is 11.3 Å². The standard InChI is InChI=1S/C37H30N4O4S/c1-23-13-16-26(17-14-23)34-33(35(42)40-29-11-5-4-6-12-29)24(2)39-37-41(34)36(43)32(46-37)20-25-15-18-30(31(19-25)44-3)45-22-28-10-8-7-9-27(28)21-38/h4-20,34H,22H2,1-3H3,(H,40,42)/b32-20+/t34-/m0/s1. The minimum Gasteiger partial charge on any atom is -0.493 e. The van der Waals surface area contributed by atoms with Crippen molar-refractivity contribution < 1.29 is 14.3 Å². The number of para-hydroxylation sites is 1. The average Bonchev–Trinajstić information content (AvgIpc) is 3.37. The van der Waals surface area contributed by atoms with Crippen molar-refractivity contribution in [3.05, 3.63) is 156 Å². The maximum Gasteiger partial charge on any atom is 0.271 e. The number of carbonyl (C=O) groups excluding carboxylic acids is 1. The number of benzene rings is 4. The number of allylic oxidation sites excluding steroid dienone is 1. The number of aromatic nitrogens is 1. The summed E-state index contributed by atoms with van der Waals surface area (Å²) in [5.74, 6) is 0.687. The average molecular weight is 627 g/mol. The first-order valence-electron chi connectivity index (χ1n) is 14.6. The zero-order valence-corrected chi connectivity index (χ0v) is 26.3. The van der Waals surface area contributed by atoms with Crippen molar-refractivity contribution >= 4 is 29.0 Å². The maximum atomic E-state index is 14.1. The Bertz CT molecular complexity index is 2190. The Morgan fingerprint density at radius 1 is 1.00 bits per heavy atom. The number of methoxy groups -OCH3 is 1. The van der Waals surface area contributed by atoms with E-state index in [1.54, 1.807) is 42.9 Å². The molecule has 1 aliphatic rings. The molecule has 5 aromatic rings. The van der Waals surface area contributed by atoms with E-state index in [1.807, 2.05) is 85.8 Å². The molecule has 0 radical (unpaired) electrons. The Balaban J connectivity index is 1.37. The van der Waals surface area contributed by atoms with Gasteiger partial charge in [0.2, 0.25) is 0 Å². The minimum absolute atomic E-state index is 0.205. The van der Waals surface area contributed by atoms with Gasteiger partial charge < -0.3 is 14.8 Å². The van der Waals surface area contributed by atoms with Crippen LogP contribution in [0.4, 0.5) is 5.69 Å². The van der Waals surface area contributed by atoms with Crippen molar-refractivity contribution in [1.29, 1.82) is 5.26 Å². The molecule has 1 aliphatic heterocycles. The Hall–Kier alpha value is -5.72. The number of aryl methyl sites for hydroxylation is 1. The van der Waals surface area contributed by atoms with Gasteiger partial charge in [0.25, 0.3) is 11.5 Å². The van der Waals surface area contributed by atoms with E-state index in [0.717, 1.165) is 22.3 Å². The molecule has 0 unspecified atom stereocenters. The Kier molecular flexibility index (Phi) is 8.63. The lowest BCUT2D eigenvalue weighted by Crippen LogP contribution is -2.40. The smallest absolute Gasteiger partial charge is 0.271 e. The first-order chi connectivity index (χ1) is 22.4. The molecule has 6 rings (SSSR count). The van der Waals surface area contributed by atoms with Crippen LogP contribution in [-0.4, -0.2) is 17.6 Å². The van der Waals surface area contributed by atoms with E-state index >= 15 is 0 Å². The van der Waals surface area contributed by atoms with Gasteiger partial charge in [-0.15, -0.1) is 0 Å². The molecular weight excluding hydrogens is 596 g/mol. The zero-order chi connectivity index (χ0) is 32.2. The van der Waals surface area contributed by atoms with Gasteiger partial charge in [0.1, 0.15) is 6.61 Å². The van der Waals surface area contributed by atoms with Gasteiger partial charge in [0, 0.05) is 11.3 Å².